The Bertz CT molecular complexity index is 722. The SMILES string of the molecule is Cc1nc(NCCN2CCOCC2)cc(Nc2cccc(Cl)c2Cl)n1. The molecule has 2 aromatic rings. The maximum atomic E-state index is 6.22. The first kappa shape index (κ1) is 18.2. The molecule has 25 heavy (non-hydrogen) atoms. The molecule has 3 rings (SSSR count). The molecule has 134 valence electrons. The van der Waals surface area contributed by atoms with E-state index in [4.69, 9.17) is 27.9 Å². The first-order valence-electron chi connectivity index (χ1n) is 8.22. The van der Waals surface area contributed by atoms with E-state index < -0.39 is 0 Å². The zero-order valence-electron chi connectivity index (χ0n) is 14.1. The van der Waals surface area contributed by atoms with Crippen molar-refractivity contribution in [2.75, 3.05) is 50.0 Å². The average Bonchev–Trinajstić information content (AvgIpc) is 2.59. The van der Waals surface area contributed by atoms with Crippen LogP contribution in [0.4, 0.5) is 17.3 Å². The van der Waals surface area contributed by atoms with Gasteiger partial charge < -0.3 is 15.4 Å². The van der Waals surface area contributed by atoms with Gasteiger partial charge in [0.1, 0.15) is 17.5 Å². The number of aryl methyl sites for hydroxylation is 1. The second kappa shape index (κ2) is 8.67. The first-order chi connectivity index (χ1) is 12.1. The third-order valence-corrected chi connectivity index (χ3v) is 4.71. The van der Waals surface area contributed by atoms with E-state index in [-0.39, 0.29) is 0 Å². The second-order valence-electron chi connectivity index (χ2n) is 5.79. The van der Waals surface area contributed by atoms with Gasteiger partial charge in [-0.1, -0.05) is 29.3 Å². The third kappa shape index (κ3) is 5.19. The normalized spacial score (nSPS) is 15.2. The van der Waals surface area contributed by atoms with Crippen LogP contribution < -0.4 is 10.6 Å². The molecule has 1 aliphatic rings. The molecule has 6 nitrogen and oxygen atoms in total. The van der Waals surface area contributed by atoms with E-state index >= 15 is 0 Å². The molecule has 0 atom stereocenters. The molecule has 0 spiro atoms. The Morgan fingerprint density at radius 1 is 1.16 bits per heavy atom. The summed E-state index contributed by atoms with van der Waals surface area (Å²) in [5.41, 5.74) is 0.714. The number of hydrogen-bond donors (Lipinski definition) is 2. The molecule has 8 heteroatoms. The molecule has 0 aliphatic carbocycles. The van der Waals surface area contributed by atoms with Crippen LogP contribution in [0.5, 0.6) is 0 Å². The molecular formula is C17H21Cl2N5O. The molecule has 0 unspecified atom stereocenters. The van der Waals surface area contributed by atoms with E-state index in [9.17, 15) is 0 Å². The summed E-state index contributed by atoms with van der Waals surface area (Å²) in [6.07, 6.45) is 0. The van der Waals surface area contributed by atoms with Crippen LogP contribution in [0.15, 0.2) is 24.3 Å². The van der Waals surface area contributed by atoms with Crippen LogP contribution in [0, 0.1) is 6.92 Å². The lowest BCUT2D eigenvalue weighted by Gasteiger charge is -2.26. The highest BCUT2D eigenvalue weighted by Crippen LogP contribution is 2.31. The van der Waals surface area contributed by atoms with E-state index in [0.29, 0.717) is 27.4 Å². The maximum absolute atomic E-state index is 6.22. The number of morpholine rings is 1. The first-order valence-corrected chi connectivity index (χ1v) is 8.98. The number of nitrogens with zero attached hydrogens (tertiary/aromatic N) is 3. The van der Waals surface area contributed by atoms with E-state index in [1.165, 1.54) is 0 Å². The molecule has 1 aromatic carbocycles. The van der Waals surface area contributed by atoms with Gasteiger partial charge in [0, 0.05) is 32.2 Å². The molecular weight excluding hydrogens is 361 g/mol. The minimum Gasteiger partial charge on any atom is -0.379 e. The van der Waals surface area contributed by atoms with Crippen LogP contribution in [0.1, 0.15) is 5.82 Å². The maximum Gasteiger partial charge on any atom is 0.136 e. The van der Waals surface area contributed by atoms with E-state index in [1.54, 1.807) is 6.07 Å². The predicted molar refractivity (Wildman–Crippen MR) is 102 cm³/mol. The highest BCUT2D eigenvalue weighted by atomic mass is 35.5. The molecule has 2 heterocycles. The number of aromatic nitrogens is 2. The van der Waals surface area contributed by atoms with Crippen LogP contribution in [0.25, 0.3) is 0 Å². The number of nitrogens with one attached hydrogen (secondary N) is 2. The number of anilines is 3. The fourth-order valence-corrected chi connectivity index (χ4v) is 2.98. The van der Waals surface area contributed by atoms with Gasteiger partial charge in [0.05, 0.1) is 28.9 Å². The summed E-state index contributed by atoms with van der Waals surface area (Å²) < 4.78 is 5.36. The minimum absolute atomic E-state index is 0.474. The summed E-state index contributed by atoms with van der Waals surface area (Å²) in [7, 11) is 0. The number of halogens is 2. The predicted octanol–water partition coefficient (Wildman–Crippen LogP) is 3.58. The van der Waals surface area contributed by atoms with Crippen molar-refractivity contribution in [3.63, 3.8) is 0 Å². The largest absolute Gasteiger partial charge is 0.379 e. The fourth-order valence-electron chi connectivity index (χ4n) is 2.63. The molecule has 2 N–H and O–H groups in total. The van der Waals surface area contributed by atoms with Crippen molar-refractivity contribution in [3.8, 4) is 0 Å². The monoisotopic (exact) mass is 381 g/mol. The zero-order chi connectivity index (χ0) is 17.6. The summed E-state index contributed by atoms with van der Waals surface area (Å²) in [6.45, 7) is 7.19. The van der Waals surface area contributed by atoms with Crippen LogP contribution in [-0.4, -0.2) is 54.3 Å². The molecule has 1 fully saturated rings. The quantitative estimate of drug-likeness (QED) is 0.797. The topological polar surface area (TPSA) is 62.3 Å². The van der Waals surface area contributed by atoms with Gasteiger partial charge in [-0.25, -0.2) is 9.97 Å². The molecule has 1 saturated heterocycles. The lowest BCUT2D eigenvalue weighted by Crippen LogP contribution is -2.39. The highest BCUT2D eigenvalue weighted by molar-refractivity contribution is 6.43. The lowest BCUT2D eigenvalue weighted by molar-refractivity contribution is 0.0398. The van der Waals surface area contributed by atoms with E-state index in [1.807, 2.05) is 25.1 Å². The standard InChI is InChI=1S/C17H21Cl2N5O/c1-12-21-15(20-5-6-24-7-9-25-10-8-24)11-16(22-12)23-14-4-2-3-13(18)17(14)19/h2-4,11H,5-10H2,1H3,(H2,20,21,22,23). The van der Waals surface area contributed by atoms with Crippen molar-refractivity contribution in [3.05, 3.63) is 40.1 Å². The zero-order valence-corrected chi connectivity index (χ0v) is 15.6. The average molecular weight is 382 g/mol. The van der Waals surface area contributed by atoms with Crippen LogP contribution in [0.2, 0.25) is 10.0 Å². The summed E-state index contributed by atoms with van der Waals surface area (Å²) >= 11 is 12.3. The van der Waals surface area contributed by atoms with E-state index in [2.05, 4.69) is 25.5 Å². The molecule has 1 aliphatic heterocycles. The molecule has 0 radical (unpaired) electrons. The Balaban J connectivity index is 1.62. The number of hydrogen-bond acceptors (Lipinski definition) is 6. The number of ether oxygens (including phenoxy) is 1. The lowest BCUT2D eigenvalue weighted by atomic mass is 10.3. The van der Waals surface area contributed by atoms with Crippen molar-refractivity contribution in [1.82, 2.24) is 14.9 Å². The molecule has 0 bridgehead atoms. The Hall–Kier alpha value is -1.60. The Morgan fingerprint density at radius 2 is 1.92 bits per heavy atom. The van der Waals surface area contributed by atoms with Gasteiger partial charge in [-0.05, 0) is 19.1 Å². The summed E-state index contributed by atoms with van der Waals surface area (Å²) in [4.78, 5) is 11.2. The van der Waals surface area contributed by atoms with Gasteiger partial charge in [-0.3, -0.25) is 4.90 Å². The Kier molecular flexibility index (Phi) is 6.31. The van der Waals surface area contributed by atoms with Gasteiger partial charge in [-0.2, -0.15) is 0 Å². The second-order valence-corrected chi connectivity index (χ2v) is 6.58. The van der Waals surface area contributed by atoms with Crippen LogP contribution in [-0.2, 0) is 4.74 Å². The Morgan fingerprint density at radius 3 is 2.72 bits per heavy atom. The van der Waals surface area contributed by atoms with Gasteiger partial charge in [0.15, 0.2) is 0 Å². The van der Waals surface area contributed by atoms with Crippen molar-refractivity contribution in [2.45, 2.75) is 6.92 Å². The molecule has 1 aromatic heterocycles. The van der Waals surface area contributed by atoms with Crippen molar-refractivity contribution in [1.29, 1.82) is 0 Å². The molecule has 0 saturated carbocycles. The van der Waals surface area contributed by atoms with E-state index in [0.717, 1.165) is 45.2 Å². The van der Waals surface area contributed by atoms with Crippen molar-refractivity contribution < 1.29 is 4.74 Å². The van der Waals surface area contributed by atoms with Gasteiger partial charge >= 0.3 is 0 Å². The summed E-state index contributed by atoms with van der Waals surface area (Å²) in [6, 6.07) is 7.31. The number of rotatable bonds is 6. The number of benzene rings is 1. The smallest absolute Gasteiger partial charge is 0.136 e. The van der Waals surface area contributed by atoms with Gasteiger partial charge in [0.25, 0.3) is 0 Å². The highest BCUT2D eigenvalue weighted by Gasteiger charge is 2.10. The van der Waals surface area contributed by atoms with Gasteiger partial charge in [0.2, 0.25) is 0 Å². The van der Waals surface area contributed by atoms with Crippen LogP contribution >= 0.6 is 23.2 Å². The van der Waals surface area contributed by atoms with Crippen molar-refractivity contribution in [2.24, 2.45) is 0 Å². The molecule has 0 amide bonds. The summed E-state index contributed by atoms with van der Waals surface area (Å²) in [5, 5.41) is 7.53. The third-order valence-electron chi connectivity index (χ3n) is 3.89. The van der Waals surface area contributed by atoms with Gasteiger partial charge in [-0.15, -0.1) is 0 Å². The van der Waals surface area contributed by atoms with Crippen LogP contribution in [0.3, 0.4) is 0 Å². The van der Waals surface area contributed by atoms with Crippen molar-refractivity contribution >= 4 is 40.5 Å². The fraction of sp³-hybridized carbons (Fsp3) is 0.412. The summed E-state index contributed by atoms with van der Waals surface area (Å²) in [5.74, 6) is 2.13. The Labute approximate surface area is 157 Å². The minimum atomic E-state index is 0.474.